The predicted molar refractivity (Wildman–Crippen MR) is 86.5 cm³/mol. The summed E-state index contributed by atoms with van der Waals surface area (Å²) in [5.41, 5.74) is 0. The maximum atomic E-state index is 10.3. The van der Waals surface area contributed by atoms with Crippen molar-refractivity contribution in [1.82, 2.24) is 0 Å². The Morgan fingerprint density at radius 3 is 2.52 bits per heavy atom. The molecular formula is C18H32O3. The summed E-state index contributed by atoms with van der Waals surface area (Å²) in [6.45, 7) is 2.24. The van der Waals surface area contributed by atoms with Gasteiger partial charge in [-0.2, -0.15) is 0 Å². The van der Waals surface area contributed by atoms with Gasteiger partial charge in [-0.1, -0.05) is 57.6 Å². The van der Waals surface area contributed by atoms with E-state index in [1.807, 2.05) is 0 Å². The molecule has 122 valence electrons. The van der Waals surface area contributed by atoms with Crippen molar-refractivity contribution in [3.05, 3.63) is 12.2 Å². The first-order valence-corrected chi connectivity index (χ1v) is 8.76. The second-order valence-electron chi connectivity index (χ2n) is 6.12. The van der Waals surface area contributed by atoms with E-state index in [1.165, 1.54) is 38.5 Å². The number of unbranched alkanes of at least 4 members (excludes halogenated alkanes) is 7. The topological polar surface area (TPSA) is 49.8 Å². The Balaban J connectivity index is 1.81. The van der Waals surface area contributed by atoms with E-state index in [9.17, 15) is 4.79 Å². The Kier molecular flexibility index (Phi) is 10.2. The Hall–Kier alpha value is -0.830. The zero-order chi connectivity index (χ0) is 15.3. The molecule has 0 unspecified atom stereocenters. The van der Waals surface area contributed by atoms with E-state index in [0.717, 1.165) is 32.1 Å². The number of epoxide rings is 1. The highest BCUT2D eigenvalue weighted by Crippen LogP contribution is 2.30. The summed E-state index contributed by atoms with van der Waals surface area (Å²) in [4.78, 5) is 10.3. The molecular weight excluding hydrogens is 264 g/mol. The molecule has 0 amide bonds. The number of carboxylic acid groups (broad SMARTS) is 1. The minimum Gasteiger partial charge on any atom is -0.481 e. The fraction of sp³-hybridized carbons (Fsp3) is 0.833. The van der Waals surface area contributed by atoms with Gasteiger partial charge < -0.3 is 9.84 Å². The van der Waals surface area contributed by atoms with Gasteiger partial charge in [-0.15, -0.1) is 0 Å². The lowest BCUT2D eigenvalue weighted by molar-refractivity contribution is -0.137. The zero-order valence-corrected chi connectivity index (χ0v) is 13.6. The van der Waals surface area contributed by atoms with Crippen LogP contribution in [-0.4, -0.2) is 23.3 Å². The molecule has 0 aromatic carbocycles. The van der Waals surface area contributed by atoms with Gasteiger partial charge in [0, 0.05) is 6.42 Å². The second kappa shape index (κ2) is 11.8. The Morgan fingerprint density at radius 2 is 1.76 bits per heavy atom. The van der Waals surface area contributed by atoms with Gasteiger partial charge in [0.1, 0.15) is 0 Å². The normalized spacial score (nSPS) is 21.0. The SMILES string of the molecule is CCCCC[C@@H]1O[C@H]1C/C=C/CCCCCCCC(=O)O. The largest absolute Gasteiger partial charge is 0.481 e. The van der Waals surface area contributed by atoms with E-state index in [4.69, 9.17) is 9.84 Å². The summed E-state index contributed by atoms with van der Waals surface area (Å²) in [5.74, 6) is -0.673. The standard InChI is InChI=1S/C18H32O3/c1-2-3-10-13-16-17(21-16)14-11-8-6-4-5-7-9-12-15-18(19)20/h8,11,16-17H,2-7,9-10,12-15H2,1H3,(H,19,20)/b11-8+/t16-,17-/m0/s1. The van der Waals surface area contributed by atoms with Gasteiger partial charge in [-0.3, -0.25) is 4.79 Å². The fourth-order valence-corrected chi connectivity index (χ4v) is 2.65. The van der Waals surface area contributed by atoms with Crippen LogP contribution in [0.5, 0.6) is 0 Å². The third-order valence-electron chi connectivity index (χ3n) is 4.08. The van der Waals surface area contributed by atoms with Crippen LogP contribution in [-0.2, 0) is 9.53 Å². The van der Waals surface area contributed by atoms with Crippen LogP contribution < -0.4 is 0 Å². The number of aliphatic carboxylic acids is 1. The molecule has 0 saturated carbocycles. The Morgan fingerprint density at radius 1 is 1.00 bits per heavy atom. The molecule has 3 nitrogen and oxygen atoms in total. The molecule has 1 N–H and O–H groups in total. The van der Waals surface area contributed by atoms with Crippen molar-refractivity contribution in [3.63, 3.8) is 0 Å². The van der Waals surface area contributed by atoms with Crippen molar-refractivity contribution in [2.45, 2.75) is 96.2 Å². The Labute approximate surface area is 129 Å². The minimum atomic E-state index is -0.673. The van der Waals surface area contributed by atoms with Crippen molar-refractivity contribution in [2.24, 2.45) is 0 Å². The van der Waals surface area contributed by atoms with Crippen LogP contribution in [0.2, 0.25) is 0 Å². The first kappa shape index (κ1) is 18.2. The van der Waals surface area contributed by atoms with Gasteiger partial charge in [0.05, 0.1) is 12.2 Å². The molecule has 3 heteroatoms. The molecule has 21 heavy (non-hydrogen) atoms. The molecule has 0 radical (unpaired) electrons. The molecule has 0 aromatic heterocycles. The van der Waals surface area contributed by atoms with Crippen molar-refractivity contribution < 1.29 is 14.6 Å². The number of rotatable bonds is 14. The summed E-state index contributed by atoms with van der Waals surface area (Å²) in [5, 5.41) is 8.52. The van der Waals surface area contributed by atoms with Crippen LogP contribution in [0, 0.1) is 0 Å². The highest BCUT2D eigenvalue weighted by atomic mass is 16.6. The van der Waals surface area contributed by atoms with Crippen LogP contribution in [0.1, 0.15) is 84.0 Å². The number of carboxylic acids is 1. The van der Waals surface area contributed by atoms with E-state index >= 15 is 0 Å². The highest BCUT2D eigenvalue weighted by Gasteiger charge is 2.36. The highest BCUT2D eigenvalue weighted by molar-refractivity contribution is 5.66. The molecule has 0 aromatic rings. The maximum Gasteiger partial charge on any atom is 0.303 e. The lowest BCUT2D eigenvalue weighted by atomic mass is 10.1. The number of allylic oxidation sites excluding steroid dienone is 1. The molecule has 0 spiro atoms. The molecule has 1 heterocycles. The molecule has 1 aliphatic rings. The number of hydrogen-bond acceptors (Lipinski definition) is 2. The van der Waals surface area contributed by atoms with E-state index in [-0.39, 0.29) is 0 Å². The summed E-state index contributed by atoms with van der Waals surface area (Å²) >= 11 is 0. The molecule has 1 rings (SSSR count). The smallest absolute Gasteiger partial charge is 0.303 e. The zero-order valence-electron chi connectivity index (χ0n) is 13.6. The van der Waals surface area contributed by atoms with Gasteiger partial charge in [0.2, 0.25) is 0 Å². The molecule has 1 saturated heterocycles. The van der Waals surface area contributed by atoms with Gasteiger partial charge >= 0.3 is 5.97 Å². The van der Waals surface area contributed by atoms with E-state index < -0.39 is 5.97 Å². The Bertz CT molecular complexity index is 299. The lowest BCUT2D eigenvalue weighted by Gasteiger charge is -1.98. The fourth-order valence-electron chi connectivity index (χ4n) is 2.65. The molecule has 0 bridgehead atoms. The van der Waals surface area contributed by atoms with Crippen molar-refractivity contribution in [2.75, 3.05) is 0 Å². The summed E-state index contributed by atoms with van der Waals surface area (Å²) in [7, 11) is 0. The monoisotopic (exact) mass is 296 g/mol. The predicted octanol–water partition coefficient (Wildman–Crippen LogP) is 5.10. The third-order valence-corrected chi connectivity index (χ3v) is 4.08. The van der Waals surface area contributed by atoms with Crippen LogP contribution in [0.4, 0.5) is 0 Å². The van der Waals surface area contributed by atoms with Gasteiger partial charge in [-0.05, 0) is 32.1 Å². The van der Waals surface area contributed by atoms with Crippen LogP contribution >= 0.6 is 0 Å². The number of carbonyl (C=O) groups is 1. The summed E-state index contributed by atoms with van der Waals surface area (Å²) in [6, 6.07) is 0. The van der Waals surface area contributed by atoms with Crippen molar-refractivity contribution >= 4 is 5.97 Å². The molecule has 0 aliphatic carbocycles. The first-order valence-electron chi connectivity index (χ1n) is 8.76. The third kappa shape index (κ3) is 10.5. The molecule has 2 atom stereocenters. The maximum absolute atomic E-state index is 10.3. The van der Waals surface area contributed by atoms with E-state index in [1.54, 1.807) is 0 Å². The van der Waals surface area contributed by atoms with Gasteiger partial charge in [-0.25, -0.2) is 0 Å². The summed E-state index contributed by atoms with van der Waals surface area (Å²) in [6.07, 6.45) is 18.7. The average Bonchev–Trinajstić information content (AvgIpc) is 3.19. The van der Waals surface area contributed by atoms with Gasteiger partial charge in [0.25, 0.3) is 0 Å². The number of ether oxygens (including phenoxy) is 1. The van der Waals surface area contributed by atoms with Crippen LogP contribution in [0.3, 0.4) is 0 Å². The quantitative estimate of drug-likeness (QED) is 0.276. The average molecular weight is 296 g/mol. The van der Waals surface area contributed by atoms with Crippen LogP contribution in [0.15, 0.2) is 12.2 Å². The van der Waals surface area contributed by atoms with Gasteiger partial charge in [0.15, 0.2) is 0 Å². The van der Waals surface area contributed by atoms with E-state index in [0.29, 0.717) is 18.6 Å². The first-order chi connectivity index (χ1) is 10.2. The van der Waals surface area contributed by atoms with Crippen LogP contribution in [0.25, 0.3) is 0 Å². The van der Waals surface area contributed by atoms with Crippen molar-refractivity contribution in [3.8, 4) is 0 Å². The van der Waals surface area contributed by atoms with E-state index in [2.05, 4.69) is 19.1 Å². The lowest BCUT2D eigenvalue weighted by Crippen LogP contribution is -1.93. The van der Waals surface area contributed by atoms with Crippen molar-refractivity contribution in [1.29, 1.82) is 0 Å². The minimum absolute atomic E-state index is 0.320. The number of hydrogen-bond donors (Lipinski definition) is 1. The second-order valence-corrected chi connectivity index (χ2v) is 6.12. The molecule has 1 fully saturated rings. The summed E-state index contributed by atoms with van der Waals surface area (Å²) < 4.78 is 5.66. The molecule has 1 aliphatic heterocycles.